The maximum atomic E-state index is 12.5. The van der Waals surface area contributed by atoms with Gasteiger partial charge in [-0.3, -0.25) is 9.69 Å². The highest BCUT2D eigenvalue weighted by molar-refractivity contribution is 6.05. The normalized spacial score (nSPS) is 14.2. The quantitative estimate of drug-likeness (QED) is 0.835. The predicted molar refractivity (Wildman–Crippen MR) is 101 cm³/mol. The van der Waals surface area contributed by atoms with E-state index in [4.69, 9.17) is 4.74 Å². The zero-order valence-electron chi connectivity index (χ0n) is 15.2. The lowest BCUT2D eigenvalue weighted by atomic mass is 10.1. The van der Waals surface area contributed by atoms with E-state index in [1.807, 2.05) is 31.2 Å². The minimum atomic E-state index is -0.424. The number of rotatable bonds is 5. The molecule has 0 aliphatic carbocycles. The molecule has 2 aromatic rings. The van der Waals surface area contributed by atoms with Crippen LogP contribution in [0.1, 0.15) is 44.7 Å². The smallest absolute Gasteiger partial charge is 0.337 e. The van der Waals surface area contributed by atoms with Crippen LogP contribution >= 0.6 is 0 Å². The van der Waals surface area contributed by atoms with E-state index < -0.39 is 5.97 Å². The number of anilines is 1. The molecule has 136 valence electrons. The number of nitrogens with zero attached hydrogens (tertiary/aromatic N) is 1. The Labute approximate surface area is 154 Å². The third-order valence-electron chi connectivity index (χ3n) is 4.73. The van der Waals surface area contributed by atoms with Crippen LogP contribution in [-0.4, -0.2) is 37.0 Å². The Morgan fingerprint density at radius 3 is 2.35 bits per heavy atom. The van der Waals surface area contributed by atoms with Crippen molar-refractivity contribution in [2.45, 2.75) is 26.3 Å². The first-order valence-electron chi connectivity index (χ1n) is 8.88. The van der Waals surface area contributed by atoms with Gasteiger partial charge >= 0.3 is 5.97 Å². The lowest BCUT2D eigenvalue weighted by Crippen LogP contribution is -2.18. The first-order valence-corrected chi connectivity index (χ1v) is 8.88. The summed E-state index contributed by atoms with van der Waals surface area (Å²) in [7, 11) is 1.34. The van der Waals surface area contributed by atoms with E-state index in [-0.39, 0.29) is 5.91 Å². The van der Waals surface area contributed by atoms with Crippen molar-refractivity contribution in [1.29, 1.82) is 0 Å². The van der Waals surface area contributed by atoms with Gasteiger partial charge in [-0.25, -0.2) is 4.79 Å². The maximum Gasteiger partial charge on any atom is 0.337 e. The molecule has 1 aliphatic heterocycles. The van der Waals surface area contributed by atoms with Gasteiger partial charge in [-0.1, -0.05) is 18.2 Å². The summed E-state index contributed by atoms with van der Waals surface area (Å²) in [6.45, 7) is 5.12. The van der Waals surface area contributed by atoms with Crippen molar-refractivity contribution in [3.05, 3.63) is 64.7 Å². The van der Waals surface area contributed by atoms with Gasteiger partial charge in [0.25, 0.3) is 5.91 Å². The van der Waals surface area contributed by atoms with E-state index >= 15 is 0 Å². The minimum Gasteiger partial charge on any atom is -0.465 e. The highest BCUT2D eigenvalue weighted by Gasteiger charge is 2.14. The molecular formula is C21H24N2O3. The van der Waals surface area contributed by atoms with E-state index in [0.717, 1.165) is 25.2 Å². The summed E-state index contributed by atoms with van der Waals surface area (Å²) in [5.41, 5.74) is 3.72. The van der Waals surface area contributed by atoms with Crippen LogP contribution in [0, 0.1) is 6.92 Å². The molecule has 5 heteroatoms. The summed E-state index contributed by atoms with van der Waals surface area (Å²) in [5.74, 6) is -0.616. The number of methoxy groups -OCH3 is 1. The van der Waals surface area contributed by atoms with Gasteiger partial charge < -0.3 is 10.1 Å². The number of likely N-dealkylation sites (tertiary alicyclic amines) is 1. The topological polar surface area (TPSA) is 58.6 Å². The van der Waals surface area contributed by atoms with Crippen LogP contribution in [0.4, 0.5) is 5.69 Å². The average Bonchev–Trinajstić information content (AvgIpc) is 3.16. The lowest BCUT2D eigenvalue weighted by Gasteiger charge is -2.15. The standard InChI is InChI=1S/C21H24N2O3/c1-15-5-8-18(21(25)26-2)13-19(15)22-20(24)17-9-6-16(7-10-17)14-23-11-3-4-12-23/h5-10,13H,3-4,11-12,14H2,1-2H3,(H,22,24). The Hall–Kier alpha value is -2.66. The Morgan fingerprint density at radius 2 is 1.69 bits per heavy atom. The van der Waals surface area contributed by atoms with Gasteiger partial charge in [-0.05, 0) is 68.2 Å². The molecule has 0 spiro atoms. The Balaban J connectivity index is 1.68. The summed E-state index contributed by atoms with van der Waals surface area (Å²) in [6.07, 6.45) is 2.54. The van der Waals surface area contributed by atoms with Crippen molar-refractivity contribution in [2.24, 2.45) is 0 Å². The van der Waals surface area contributed by atoms with E-state index in [9.17, 15) is 9.59 Å². The van der Waals surface area contributed by atoms with Gasteiger partial charge in [0.1, 0.15) is 0 Å². The molecule has 1 fully saturated rings. The number of carbonyl (C=O) groups excluding carboxylic acids is 2. The molecule has 1 aliphatic rings. The molecule has 2 aromatic carbocycles. The van der Waals surface area contributed by atoms with Crippen LogP contribution < -0.4 is 5.32 Å². The molecule has 3 rings (SSSR count). The summed E-state index contributed by atoms with van der Waals surface area (Å²) < 4.78 is 4.73. The largest absolute Gasteiger partial charge is 0.465 e. The molecule has 1 saturated heterocycles. The number of hydrogen-bond acceptors (Lipinski definition) is 4. The van der Waals surface area contributed by atoms with Crippen molar-refractivity contribution in [3.8, 4) is 0 Å². The number of carbonyl (C=O) groups is 2. The average molecular weight is 352 g/mol. The predicted octanol–water partition coefficient (Wildman–Crippen LogP) is 3.63. The van der Waals surface area contributed by atoms with Crippen molar-refractivity contribution in [2.75, 3.05) is 25.5 Å². The second-order valence-electron chi connectivity index (χ2n) is 6.66. The Morgan fingerprint density at radius 1 is 1.04 bits per heavy atom. The first-order chi connectivity index (χ1) is 12.6. The third kappa shape index (κ3) is 4.29. The number of esters is 1. The van der Waals surface area contributed by atoms with Gasteiger partial charge in [0, 0.05) is 17.8 Å². The molecule has 26 heavy (non-hydrogen) atoms. The van der Waals surface area contributed by atoms with Crippen molar-refractivity contribution >= 4 is 17.6 Å². The van der Waals surface area contributed by atoms with Crippen LogP contribution in [0.3, 0.4) is 0 Å². The van der Waals surface area contributed by atoms with Gasteiger partial charge in [0.2, 0.25) is 0 Å². The fourth-order valence-corrected chi connectivity index (χ4v) is 3.16. The van der Waals surface area contributed by atoms with E-state index in [0.29, 0.717) is 16.8 Å². The number of nitrogens with one attached hydrogen (secondary N) is 1. The van der Waals surface area contributed by atoms with Gasteiger partial charge in [0.15, 0.2) is 0 Å². The van der Waals surface area contributed by atoms with Crippen LogP contribution in [0.15, 0.2) is 42.5 Å². The molecule has 0 atom stereocenters. The molecular weight excluding hydrogens is 328 g/mol. The van der Waals surface area contributed by atoms with Crippen molar-refractivity contribution in [3.63, 3.8) is 0 Å². The van der Waals surface area contributed by atoms with E-state index in [2.05, 4.69) is 10.2 Å². The molecule has 0 unspecified atom stereocenters. The lowest BCUT2D eigenvalue weighted by molar-refractivity contribution is 0.0600. The molecule has 0 radical (unpaired) electrons. The molecule has 0 saturated carbocycles. The highest BCUT2D eigenvalue weighted by Crippen LogP contribution is 2.19. The SMILES string of the molecule is COC(=O)c1ccc(C)c(NC(=O)c2ccc(CN3CCCC3)cc2)c1. The fraction of sp³-hybridized carbons (Fsp3) is 0.333. The van der Waals surface area contributed by atoms with Gasteiger partial charge in [-0.15, -0.1) is 0 Å². The Kier molecular flexibility index (Phi) is 5.68. The van der Waals surface area contributed by atoms with Crippen molar-refractivity contribution < 1.29 is 14.3 Å². The van der Waals surface area contributed by atoms with Crippen molar-refractivity contribution in [1.82, 2.24) is 4.90 Å². The van der Waals surface area contributed by atoms with Crippen LogP contribution in [-0.2, 0) is 11.3 Å². The van der Waals surface area contributed by atoms with E-state index in [1.165, 1.54) is 25.5 Å². The summed E-state index contributed by atoms with van der Waals surface area (Å²) in [4.78, 5) is 26.6. The van der Waals surface area contributed by atoms with Crippen LogP contribution in [0.5, 0.6) is 0 Å². The van der Waals surface area contributed by atoms with Crippen LogP contribution in [0.2, 0.25) is 0 Å². The number of hydrogen-bond donors (Lipinski definition) is 1. The number of benzene rings is 2. The molecule has 1 heterocycles. The zero-order chi connectivity index (χ0) is 18.5. The second kappa shape index (κ2) is 8.15. The summed E-state index contributed by atoms with van der Waals surface area (Å²) >= 11 is 0. The second-order valence-corrected chi connectivity index (χ2v) is 6.66. The third-order valence-corrected chi connectivity index (χ3v) is 4.73. The number of aryl methyl sites for hydroxylation is 1. The van der Waals surface area contributed by atoms with Gasteiger partial charge in [0.05, 0.1) is 12.7 Å². The zero-order valence-corrected chi connectivity index (χ0v) is 15.2. The monoisotopic (exact) mass is 352 g/mol. The molecule has 5 nitrogen and oxygen atoms in total. The van der Waals surface area contributed by atoms with Gasteiger partial charge in [-0.2, -0.15) is 0 Å². The molecule has 1 N–H and O–H groups in total. The number of ether oxygens (including phenoxy) is 1. The molecule has 0 bridgehead atoms. The van der Waals surface area contributed by atoms with Crippen LogP contribution in [0.25, 0.3) is 0 Å². The molecule has 0 aromatic heterocycles. The highest BCUT2D eigenvalue weighted by atomic mass is 16.5. The number of amides is 1. The summed E-state index contributed by atoms with van der Waals surface area (Å²) in [6, 6.07) is 12.8. The summed E-state index contributed by atoms with van der Waals surface area (Å²) in [5, 5.41) is 2.88. The Bertz CT molecular complexity index is 793. The van der Waals surface area contributed by atoms with E-state index in [1.54, 1.807) is 18.2 Å². The molecule has 1 amide bonds. The fourth-order valence-electron chi connectivity index (χ4n) is 3.16. The minimum absolute atomic E-state index is 0.192. The first kappa shape index (κ1) is 18.1. The maximum absolute atomic E-state index is 12.5.